The van der Waals surface area contributed by atoms with E-state index < -0.39 is 0 Å². The van der Waals surface area contributed by atoms with E-state index in [0.29, 0.717) is 42.3 Å². The Labute approximate surface area is 152 Å². The summed E-state index contributed by atoms with van der Waals surface area (Å²) in [5.41, 5.74) is 1.34. The molecule has 1 saturated heterocycles. The van der Waals surface area contributed by atoms with E-state index in [1.165, 1.54) is 0 Å². The van der Waals surface area contributed by atoms with Crippen LogP contribution in [0.15, 0.2) is 36.7 Å². The average molecular weight is 352 g/mol. The van der Waals surface area contributed by atoms with E-state index in [4.69, 9.17) is 14.7 Å². The zero-order valence-corrected chi connectivity index (χ0v) is 14.8. The van der Waals surface area contributed by atoms with E-state index in [2.05, 4.69) is 16.0 Å². The molecule has 3 rings (SSSR count). The van der Waals surface area contributed by atoms with Gasteiger partial charge < -0.3 is 14.4 Å². The molecule has 1 amide bonds. The second-order valence-corrected chi connectivity index (χ2v) is 6.15. The molecule has 7 nitrogen and oxygen atoms in total. The van der Waals surface area contributed by atoms with Crippen LogP contribution in [0.2, 0.25) is 0 Å². The van der Waals surface area contributed by atoms with E-state index in [0.717, 1.165) is 0 Å². The van der Waals surface area contributed by atoms with Gasteiger partial charge in [0.1, 0.15) is 24.1 Å². The van der Waals surface area contributed by atoms with Crippen molar-refractivity contribution < 1.29 is 14.3 Å². The van der Waals surface area contributed by atoms with Crippen molar-refractivity contribution in [3.63, 3.8) is 0 Å². The number of methoxy groups -OCH3 is 1. The number of aromatic nitrogens is 2. The normalized spacial score (nSPS) is 19.2. The van der Waals surface area contributed by atoms with Gasteiger partial charge in [-0.05, 0) is 37.6 Å². The van der Waals surface area contributed by atoms with Crippen LogP contribution in [0, 0.1) is 18.3 Å². The first-order valence-electron chi connectivity index (χ1n) is 8.36. The number of pyridine rings is 2. The SMILES string of the molecule is CO[C@@H]1C[C@@H](COc2cccnc2)N(C(=O)c2ccc(C#N)c(C)n2)C1. The highest BCUT2D eigenvalue weighted by Crippen LogP contribution is 2.23. The number of ether oxygens (including phenoxy) is 2. The maximum atomic E-state index is 12.9. The van der Waals surface area contributed by atoms with E-state index >= 15 is 0 Å². The van der Waals surface area contributed by atoms with Crippen molar-refractivity contribution in [2.45, 2.75) is 25.5 Å². The number of rotatable bonds is 5. The molecule has 0 spiro atoms. The van der Waals surface area contributed by atoms with Gasteiger partial charge in [-0.3, -0.25) is 9.78 Å². The second kappa shape index (κ2) is 7.93. The number of carbonyl (C=O) groups excluding carboxylic acids is 1. The number of hydrogen-bond donors (Lipinski definition) is 0. The van der Waals surface area contributed by atoms with E-state index in [1.54, 1.807) is 49.5 Å². The van der Waals surface area contributed by atoms with Gasteiger partial charge in [0.25, 0.3) is 5.91 Å². The van der Waals surface area contributed by atoms with Crippen molar-refractivity contribution in [3.8, 4) is 11.8 Å². The van der Waals surface area contributed by atoms with Crippen molar-refractivity contribution in [2.75, 3.05) is 20.3 Å². The van der Waals surface area contributed by atoms with Gasteiger partial charge in [0, 0.05) is 19.9 Å². The molecule has 0 saturated carbocycles. The molecule has 0 N–H and O–H groups in total. The van der Waals surface area contributed by atoms with Crippen molar-refractivity contribution in [1.29, 1.82) is 5.26 Å². The van der Waals surface area contributed by atoms with Gasteiger partial charge in [-0.1, -0.05) is 0 Å². The minimum atomic E-state index is -0.183. The third-order valence-corrected chi connectivity index (χ3v) is 4.47. The van der Waals surface area contributed by atoms with Crippen molar-refractivity contribution in [1.82, 2.24) is 14.9 Å². The van der Waals surface area contributed by atoms with Crippen LogP contribution in [0.25, 0.3) is 0 Å². The maximum Gasteiger partial charge on any atom is 0.272 e. The second-order valence-electron chi connectivity index (χ2n) is 6.15. The van der Waals surface area contributed by atoms with Gasteiger partial charge in [-0.15, -0.1) is 0 Å². The van der Waals surface area contributed by atoms with Crippen LogP contribution in [0.3, 0.4) is 0 Å². The van der Waals surface area contributed by atoms with E-state index in [9.17, 15) is 4.79 Å². The fraction of sp³-hybridized carbons (Fsp3) is 0.368. The quantitative estimate of drug-likeness (QED) is 0.817. The van der Waals surface area contributed by atoms with Crippen molar-refractivity contribution in [2.24, 2.45) is 0 Å². The number of likely N-dealkylation sites (tertiary alicyclic amines) is 1. The predicted octanol–water partition coefficient (Wildman–Crippen LogP) is 1.97. The topological polar surface area (TPSA) is 88.3 Å². The molecule has 2 aromatic heterocycles. The number of nitrogens with zero attached hydrogens (tertiary/aromatic N) is 4. The Morgan fingerprint density at radius 2 is 2.27 bits per heavy atom. The summed E-state index contributed by atoms with van der Waals surface area (Å²) in [6.07, 6.45) is 3.97. The molecule has 0 unspecified atom stereocenters. The van der Waals surface area contributed by atoms with Crippen molar-refractivity contribution in [3.05, 3.63) is 53.6 Å². The molecule has 1 fully saturated rings. The number of amides is 1. The van der Waals surface area contributed by atoms with Gasteiger partial charge in [0.15, 0.2) is 0 Å². The minimum absolute atomic E-state index is 0.0408. The lowest BCUT2D eigenvalue weighted by Crippen LogP contribution is -2.39. The number of carbonyl (C=O) groups is 1. The van der Waals surface area contributed by atoms with Gasteiger partial charge in [-0.25, -0.2) is 4.98 Å². The summed E-state index contributed by atoms with van der Waals surface area (Å²) >= 11 is 0. The Morgan fingerprint density at radius 3 is 2.92 bits per heavy atom. The van der Waals surface area contributed by atoms with Crippen LogP contribution in [-0.2, 0) is 4.74 Å². The molecule has 0 aliphatic carbocycles. The lowest BCUT2D eigenvalue weighted by atomic mass is 10.2. The molecule has 0 radical (unpaired) electrons. The lowest BCUT2D eigenvalue weighted by Gasteiger charge is -2.24. The van der Waals surface area contributed by atoms with E-state index in [-0.39, 0.29) is 18.1 Å². The minimum Gasteiger partial charge on any atom is -0.490 e. The Bertz CT molecular complexity index is 819. The lowest BCUT2D eigenvalue weighted by molar-refractivity contribution is 0.0652. The summed E-state index contributed by atoms with van der Waals surface area (Å²) in [5, 5.41) is 9.02. The molecule has 26 heavy (non-hydrogen) atoms. The molecule has 7 heteroatoms. The number of aryl methyl sites for hydroxylation is 1. The van der Waals surface area contributed by atoms with Crippen LogP contribution in [-0.4, -0.2) is 53.2 Å². The van der Waals surface area contributed by atoms with Crippen LogP contribution in [0.1, 0.15) is 28.2 Å². The standard InChI is InChI=1S/C19H20N4O3/c1-13-14(9-20)5-6-18(22-13)19(24)23-11-17(25-2)8-15(23)12-26-16-4-3-7-21-10-16/h3-7,10,15,17H,8,11-12H2,1-2H3/t15-,17+/m0/s1. The third-order valence-electron chi connectivity index (χ3n) is 4.47. The largest absolute Gasteiger partial charge is 0.490 e. The number of hydrogen-bond acceptors (Lipinski definition) is 6. The molecule has 0 aromatic carbocycles. The summed E-state index contributed by atoms with van der Waals surface area (Å²) in [5.74, 6) is 0.477. The molecular formula is C19H20N4O3. The van der Waals surface area contributed by atoms with Gasteiger partial charge in [0.2, 0.25) is 0 Å². The number of nitriles is 1. The summed E-state index contributed by atoms with van der Waals surface area (Å²) in [6, 6.07) is 8.78. The summed E-state index contributed by atoms with van der Waals surface area (Å²) in [6.45, 7) is 2.56. The molecule has 3 heterocycles. The first kappa shape index (κ1) is 17.8. The Balaban J connectivity index is 1.75. The highest BCUT2D eigenvalue weighted by molar-refractivity contribution is 5.93. The predicted molar refractivity (Wildman–Crippen MR) is 93.7 cm³/mol. The smallest absolute Gasteiger partial charge is 0.272 e. The highest BCUT2D eigenvalue weighted by atomic mass is 16.5. The molecule has 1 aliphatic heterocycles. The van der Waals surface area contributed by atoms with Crippen LogP contribution >= 0.6 is 0 Å². The van der Waals surface area contributed by atoms with Crippen molar-refractivity contribution >= 4 is 5.91 Å². The molecule has 0 bridgehead atoms. The summed E-state index contributed by atoms with van der Waals surface area (Å²) in [7, 11) is 1.64. The first-order valence-corrected chi connectivity index (χ1v) is 8.36. The van der Waals surface area contributed by atoms with E-state index in [1.807, 2.05) is 6.07 Å². The summed E-state index contributed by atoms with van der Waals surface area (Å²) in [4.78, 5) is 23.0. The Kier molecular flexibility index (Phi) is 5.44. The Morgan fingerprint density at radius 1 is 1.42 bits per heavy atom. The molecule has 2 atom stereocenters. The van der Waals surface area contributed by atoms with Crippen LogP contribution in [0.4, 0.5) is 0 Å². The summed E-state index contributed by atoms with van der Waals surface area (Å²) < 4.78 is 11.2. The van der Waals surface area contributed by atoms with Crippen LogP contribution < -0.4 is 4.74 Å². The first-order chi connectivity index (χ1) is 12.6. The molecule has 2 aromatic rings. The molecule has 134 valence electrons. The molecular weight excluding hydrogens is 332 g/mol. The molecule has 1 aliphatic rings. The maximum absolute atomic E-state index is 12.9. The zero-order chi connectivity index (χ0) is 18.5. The van der Waals surface area contributed by atoms with Crippen LogP contribution in [0.5, 0.6) is 5.75 Å². The fourth-order valence-corrected chi connectivity index (χ4v) is 3.02. The average Bonchev–Trinajstić information content (AvgIpc) is 3.10. The van der Waals surface area contributed by atoms with Gasteiger partial charge in [-0.2, -0.15) is 5.26 Å². The monoisotopic (exact) mass is 352 g/mol. The third kappa shape index (κ3) is 3.81. The fourth-order valence-electron chi connectivity index (χ4n) is 3.02. The van der Waals surface area contributed by atoms with Gasteiger partial charge >= 0.3 is 0 Å². The highest BCUT2D eigenvalue weighted by Gasteiger charge is 2.36. The Hall–Kier alpha value is -2.98. The zero-order valence-electron chi connectivity index (χ0n) is 14.8. The van der Waals surface area contributed by atoms with Gasteiger partial charge in [0.05, 0.1) is 29.6 Å².